The molecule has 1 atom stereocenters. The van der Waals surface area contributed by atoms with E-state index in [0.717, 1.165) is 32.4 Å². The lowest BCUT2D eigenvalue weighted by Gasteiger charge is -2.23. The average molecular weight is 226 g/mol. The van der Waals surface area contributed by atoms with E-state index < -0.39 is 0 Å². The van der Waals surface area contributed by atoms with Gasteiger partial charge in [-0.1, -0.05) is 20.3 Å². The number of carbonyl (C=O) groups is 1. The molecule has 0 spiro atoms. The number of piperidine rings is 1. The molecule has 0 aromatic rings. The molecule has 2 N–H and O–H groups in total. The Bertz CT molecular complexity index is 196. The second kappa shape index (κ2) is 7.66. The van der Waals surface area contributed by atoms with Crippen molar-refractivity contribution < 1.29 is 4.79 Å². The van der Waals surface area contributed by atoms with Gasteiger partial charge in [-0.15, -0.1) is 0 Å². The van der Waals surface area contributed by atoms with Gasteiger partial charge in [0, 0.05) is 18.5 Å². The molecule has 0 aliphatic carbocycles. The molecule has 1 fully saturated rings. The van der Waals surface area contributed by atoms with Crippen LogP contribution in [-0.4, -0.2) is 25.0 Å². The monoisotopic (exact) mass is 226 g/mol. The fourth-order valence-corrected chi connectivity index (χ4v) is 2.34. The Kier molecular flexibility index (Phi) is 6.46. The summed E-state index contributed by atoms with van der Waals surface area (Å²) in [6.45, 7) is 6.13. The molecular weight excluding hydrogens is 200 g/mol. The topological polar surface area (TPSA) is 41.1 Å². The van der Waals surface area contributed by atoms with Gasteiger partial charge in [-0.2, -0.15) is 0 Å². The van der Waals surface area contributed by atoms with Gasteiger partial charge in [-0.3, -0.25) is 4.79 Å². The van der Waals surface area contributed by atoms with Crippen molar-refractivity contribution in [3.8, 4) is 0 Å². The molecule has 1 aliphatic heterocycles. The van der Waals surface area contributed by atoms with E-state index in [4.69, 9.17) is 0 Å². The minimum atomic E-state index is 0.208. The Morgan fingerprint density at radius 1 is 1.38 bits per heavy atom. The Balaban J connectivity index is 2.11. The van der Waals surface area contributed by atoms with Crippen LogP contribution < -0.4 is 10.6 Å². The summed E-state index contributed by atoms with van der Waals surface area (Å²) in [5.74, 6) is 0.445. The van der Waals surface area contributed by atoms with Crippen LogP contribution in [0.3, 0.4) is 0 Å². The van der Waals surface area contributed by atoms with Crippen LogP contribution in [0.25, 0.3) is 0 Å². The van der Waals surface area contributed by atoms with Gasteiger partial charge in [0.2, 0.25) is 5.91 Å². The van der Waals surface area contributed by atoms with E-state index in [1.165, 1.54) is 19.3 Å². The zero-order valence-electron chi connectivity index (χ0n) is 10.7. The van der Waals surface area contributed by atoms with Crippen LogP contribution in [0.4, 0.5) is 0 Å². The van der Waals surface area contributed by atoms with Gasteiger partial charge in [0.25, 0.3) is 0 Å². The van der Waals surface area contributed by atoms with Crippen molar-refractivity contribution in [1.82, 2.24) is 10.6 Å². The lowest BCUT2D eigenvalue weighted by molar-refractivity contribution is -0.125. The van der Waals surface area contributed by atoms with Crippen molar-refractivity contribution in [2.75, 3.05) is 13.1 Å². The number of carbonyl (C=O) groups excluding carboxylic acids is 1. The molecule has 1 aliphatic rings. The predicted octanol–water partition coefficient (Wildman–Crippen LogP) is 2.07. The van der Waals surface area contributed by atoms with E-state index in [2.05, 4.69) is 24.5 Å². The summed E-state index contributed by atoms with van der Waals surface area (Å²) in [5, 5.41) is 6.55. The number of rotatable bonds is 6. The highest BCUT2D eigenvalue weighted by Gasteiger charge is 2.15. The van der Waals surface area contributed by atoms with Crippen LogP contribution in [0.1, 0.15) is 52.4 Å². The fraction of sp³-hybridized carbons (Fsp3) is 0.923. The van der Waals surface area contributed by atoms with Crippen molar-refractivity contribution in [2.24, 2.45) is 5.92 Å². The molecule has 1 saturated heterocycles. The fourth-order valence-electron chi connectivity index (χ4n) is 2.34. The summed E-state index contributed by atoms with van der Waals surface area (Å²) >= 11 is 0. The van der Waals surface area contributed by atoms with E-state index >= 15 is 0 Å². The van der Waals surface area contributed by atoms with Gasteiger partial charge >= 0.3 is 0 Å². The largest absolute Gasteiger partial charge is 0.356 e. The molecule has 3 heteroatoms. The first-order valence-electron chi connectivity index (χ1n) is 6.79. The quantitative estimate of drug-likeness (QED) is 0.728. The summed E-state index contributed by atoms with van der Waals surface area (Å²) in [7, 11) is 0. The summed E-state index contributed by atoms with van der Waals surface area (Å²) in [5.41, 5.74) is 0. The lowest BCUT2D eigenvalue weighted by atomic mass is 10.0. The molecule has 1 amide bonds. The van der Waals surface area contributed by atoms with E-state index in [1.807, 2.05) is 0 Å². The summed E-state index contributed by atoms with van der Waals surface area (Å²) < 4.78 is 0. The van der Waals surface area contributed by atoms with Crippen molar-refractivity contribution in [3.63, 3.8) is 0 Å². The van der Waals surface area contributed by atoms with Gasteiger partial charge in [0.15, 0.2) is 0 Å². The highest BCUT2D eigenvalue weighted by atomic mass is 16.1. The minimum Gasteiger partial charge on any atom is -0.356 e. The molecule has 1 unspecified atom stereocenters. The predicted molar refractivity (Wildman–Crippen MR) is 67.3 cm³/mol. The highest BCUT2D eigenvalue weighted by molar-refractivity contribution is 5.78. The van der Waals surface area contributed by atoms with Crippen LogP contribution in [-0.2, 0) is 4.79 Å². The lowest BCUT2D eigenvalue weighted by Crippen LogP contribution is -2.38. The molecular formula is C13H26N2O. The van der Waals surface area contributed by atoms with Gasteiger partial charge in [0.1, 0.15) is 0 Å². The van der Waals surface area contributed by atoms with Crippen LogP contribution >= 0.6 is 0 Å². The SMILES string of the molecule is CCC(CC)C(=O)NCCC1CCCCN1. The average Bonchev–Trinajstić information content (AvgIpc) is 2.32. The zero-order chi connectivity index (χ0) is 11.8. The maximum absolute atomic E-state index is 11.7. The Morgan fingerprint density at radius 3 is 2.69 bits per heavy atom. The molecule has 0 saturated carbocycles. The standard InChI is InChI=1S/C13H26N2O/c1-3-11(4-2)13(16)15-10-8-12-7-5-6-9-14-12/h11-12,14H,3-10H2,1-2H3,(H,15,16). The Labute approximate surface area is 99.4 Å². The number of hydrogen-bond donors (Lipinski definition) is 2. The maximum atomic E-state index is 11.7. The first kappa shape index (κ1) is 13.5. The summed E-state index contributed by atoms with van der Waals surface area (Å²) in [6, 6.07) is 0.621. The van der Waals surface area contributed by atoms with Crippen molar-refractivity contribution in [3.05, 3.63) is 0 Å². The van der Waals surface area contributed by atoms with Crippen LogP contribution in [0.2, 0.25) is 0 Å². The van der Waals surface area contributed by atoms with Gasteiger partial charge in [0.05, 0.1) is 0 Å². The third-order valence-electron chi connectivity index (χ3n) is 3.56. The molecule has 0 radical (unpaired) electrons. The van der Waals surface area contributed by atoms with Gasteiger partial charge < -0.3 is 10.6 Å². The molecule has 1 rings (SSSR count). The molecule has 0 aromatic heterocycles. The summed E-state index contributed by atoms with van der Waals surface area (Å²) in [6.07, 6.45) is 6.87. The van der Waals surface area contributed by atoms with Gasteiger partial charge in [-0.05, 0) is 38.6 Å². The molecule has 0 aromatic carbocycles. The smallest absolute Gasteiger partial charge is 0.223 e. The van der Waals surface area contributed by atoms with Crippen LogP contribution in [0, 0.1) is 5.92 Å². The van der Waals surface area contributed by atoms with Crippen molar-refractivity contribution >= 4 is 5.91 Å². The van der Waals surface area contributed by atoms with E-state index in [1.54, 1.807) is 0 Å². The van der Waals surface area contributed by atoms with E-state index in [9.17, 15) is 4.79 Å². The number of amides is 1. The van der Waals surface area contributed by atoms with Crippen molar-refractivity contribution in [1.29, 1.82) is 0 Å². The second-order valence-corrected chi connectivity index (χ2v) is 4.74. The molecule has 3 nitrogen and oxygen atoms in total. The summed E-state index contributed by atoms with van der Waals surface area (Å²) in [4.78, 5) is 11.7. The number of hydrogen-bond acceptors (Lipinski definition) is 2. The number of nitrogens with one attached hydrogen (secondary N) is 2. The first-order chi connectivity index (χ1) is 7.77. The maximum Gasteiger partial charge on any atom is 0.223 e. The third-order valence-corrected chi connectivity index (χ3v) is 3.56. The van der Waals surface area contributed by atoms with Crippen LogP contribution in [0.5, 0.6) is 0 Å². The highest BCUT2D eigenvalue weighted by Crippen LogP contribution is 2.10. The molecule has 16 heavy (non-hydrogen) atoms. The second-order valence-electron chi connectivity index (χ2n) is 4.74. The van der Waals surface area contributed by atoms with Crippen LogP contribution in [0.15, 0.2) is 0 Å². The Morgan fingerprint density at radius 2 is 2.12 bits per heavy atom. The molecule has 94 valence electrons. The van der Waals surface area contributed by atoms with E-state index in [0.29, 0.717) is 6.04 Å². The first-order valence-corrected chi connectivity index (χ1v) is 6.79. The normalized spacial score (nSPS) is 21.1. The Hall–Kier alpha value is -0.570. The molecule has 1 heterocycles. The van der Waals surface area contributed by atoms with Crippen molar-refractivity contribution in [2.45, 2.75) is 58.4 Å². The van der Waals surface area contributed by atoms with Gasteiger partial charge in [-0.25, -0.2) is 0 Å². The third kappa shape index (κ3) is 4.52. The minimum absolute atomic E-state index is 0.208. The molecule has 0 bridgehead atoms. The van der Waals surface area contributed by atoms with E-state index in [-0.39, 0.29) is 11.8 Å². The zero-order valence-corrected chi connectivity index (χ0v) is 10.7.